The first-order valence-electron chi connectivity index (χ1n) is 10.9. The van der Waals surface area contributed by atoms with Crippen LogP contribution in [0.4, 0.5) is 0 Å². The van der Waals surface area contributed by atoms with Gasteiger partial charge in [0, 0.05) is 0 Å². The van der Waals surface area contributed by atoms with E-state index in [2.05, 4.69) is 126 Å². The van der Waals surface area contributed by atoms with Crippen LogP contribution in [0.2, 0.25) is 0 Å². The molecular formula is C28H36P2. The summed E-state index contributed by atoms with van der Waals surface area (Å²) in [5.74, 6) is 0. The van der Waals surface area contributed by atoms with Crippen LogP contribution in [-0.4, -0.2) is 10.3 Å². The lowest BCUT2D eigenvalue weighted by Gasteiger charge is -2.38. The van der Waals surface area contributed by atoms with Gasteiger partial charge in [-0.1, -0.05) is 142 Å². The van der Waals surface area contributed by atoms with E-state index < -0.39 is 0 Å². The topological polar surface area (TPSA) is 0 Å². The molecule has 3 rings (SSSR count). The SMILES string of the molecule is CC(C)(C)P(Cc1ccccc1)c1ccccc1P(Cc1ccccc1)C(C)(C)C. The molecule has 0 aliphatic rings. The minimum Gasteiger partial charge on any atom is -0.0646 e. The van der Waals surface area contributed by atoms with Crippen molar-refractivity contribution in [2.24, 2.45) is 0 Å². The zero-order valence-corrected chi connectivity index (χ0v) is 21.2. The zero-order valence-electron chi connectivity index (χ0n) is 19.4. The smallest absolute Gasteiger partial charge is 0.00279 e. The fourth-order valence-electron chi connectivity index (χ4n) is 3.82. The second-order valence-corrected chi connectivity index (χ2v) is 16.0. The first kappa shape index (κ1) is 23.2. The van der Waals surface area contributed by atoms with E-state index in [0.29, 0.717) is 0 Å². The van der Waals surface area contributed by atoms with E-state index in [0.717, 1.165) is 12.3 Å². The zero-order chi connectivity index (χ0) is 21.8. The summed E-state index contributed by atoms with van der Waals surface area (Å²) in [5, 5.41) is 3.74. The molecule has 0 aliphatic heterocycles. The predicted octanol–water partition coefficient (Wildman–Crippen LogP) is 7.90. The normalized spacial score (nSPS) is 14.3. The fraction of sp³-hybridized carbons (Fsp3) is 0.357. The monoisotopic (exact) mass is 434 g/mol. The Balaban J connectivity index is 2.06. The largest absolute Gasteiger partial charge is 0.0646 e. The van der Waals surface area contributed by atoms with Crippen LogP contribution >= 0.6 is 15.8 Å². The Morgan fingerprint density at radius 2 is 0.767 bits per heavy atom. The van der Waals surface area contributed by atoms with Crippen LogP contribution in [0.5, 0.6) is 0 Å². The first-order valence-corrected chi connectivity index (χ1v) is 13.9. The van der Waals surface area contributed by atoms with E-state index in [1.807, 2.05) is 0 Å². The first-order chi connectivity index (χ1) is 14.2. The van der Waals surface area contributed by atoms with E-state index in [1.165, 1.54) is 11.1 Å². The van der Waals surface area contributed by atoms with Crippen molar-refractivity contribution in [2.45, 2.75) is 64.2 Å². The summed E-state index contributed by atoms with van der Waals surface area (Å²) in [6.45, 7) is 14.6. The van der Waals surface area contributed by atoms with E-state index in [9.17, 15) is 0 Å². The summed E-state index contributed by atoms with van der Waals surface area (Å²) >= 11 is 0. The quantitative estimate of drug-likeness (QED) is 0.346. The van der Waals surface area contributed by atoms with Crippen LogP contribution in [0.15, 0.2) is 84.9 Å². The lowest BCUT2D eigenvalue weighted by molar-refractivity contribution is 0.783. The summed E-state index contributed by atoms with van der Waals surface area (Å²) in [4.78, 5) is 0. The van der Waals surface area contributed by atoms with Crippen LogP contribution in [0.25, 0.3) is 0 Å². The van der Waals surface area contributed by atoms with Gasteiger partial charge in [0.2, 0.25) is 0 Å². The Morgan fingerprint density at radius 3 is 1.07 bits per heavy atom. The summed E-state index contributed by atoms with van der Waals surface area (Å²) in [7, 11) is -0.664. The molecule has 0 nitrogen and oxygen atoms in total. The second-order valence-electron chi connectivity index (χ2n) is 9.97. The molecule has 0 amide bonds. The highest BCUT2D eigenvalue weighted by Gasteiger charge is 2.33. The Morgan fingerprint density at radius 1 is 0.467 bits per heavy atom. The van der Waals surface area contributed by atoms with Crippen molar-refractivity contribution in [3.63, 3.8) is 0 Å². The van der Waals surface area contributed by atoms with E-state index >= 15 is 0 Å². The molecule has 3 aromatic rings. The highest BCUT2D eigenvalue weighted by Crippen LogP contribution is 2.56. The molecule has 3 aromatic carbocycles. The van der Waals surface area contributed by atoms with Crippen molar-refractivity contribution >= 4 is 26.5 Å². The molecular weight excluding hydrogens is 398 g/mol. The number of hydrogen-bond donors (Lipinski definition) is 0. The van der Waals surface area contributed by atoms with Crippen LogP contribution < -0.4 is 10.6 Å². The van der Waals surface area contributed by atoms with Gasteiger partial charge in [0.05, 0.1) is 0 Å². The van der Waals surface area contributed by atoms with Crippen molar-refractivity contribution in [1.29, 1.82) is 0 Å². The van der Waals surface area contributed by atoms with Gasteiger partial charge in [-0.2, -0.15) is 0 Å². The fourth-order valence-corrected chi connectivity index (χ4v) is 9.67. The van der Waals surface area contributed by atoms with Gasteiger partial charge in [-0.15, -0.1) is 0 Å². The Labute approximate surface area is 186 Å². The molecule has 0 saturated carbocycles. The van der Waals surface area contributed by atoms with E-state index in [4.69, 9.17) is 0 Å². The van der Waals surface area contributed by atoms with Gasteiger partial charge in [-0.25, -0.2) is 0 Å². The molecule has 0 fully saturated rings. The van der Waals surface area contributed by atoms with Crippen molar-refractivity contribution in [2.75, 3.05) is 0 Å². The highest BCUT2D eigenvalue weighted by molar-refractivity contribution is 7.72. The van der Waals surface area contributed by atoms with Crippen LogP contribution in [0, 0.1) is 0 Å². The molecule has 0 N–H and O–H groups in total. The molecule has 158 valence electrons. The number of hydrogen-bond acceptors (Lipinski definition) is 0. The summed E-state index contributed by atoms with van der Waals surface area (Å²) in [6, 6.07) is 31.5. The molecule has 0 radical (unpaired) electrons. The lowest BCUT2D eigenvalue weighted by atomic mass is 10.2. The lowest BCUT2D eigenvalue weighted by Crippen LogP contribution is -2.33. The van der Waals surface area contributed by atoms with Gasteiger partial charge in [0.15, 0.2) is 0 Å². The van der Waals surface area contributed by atoms with Crippen molar-refractivity contribution in [3.8, 4) is 0 Å². The third kappa shape index (κ3) is 6.03. The molecule has 2 atom stereocenters. The van der Waals surface area contributed by atoms with E-state index in [1.54, 1.807) is 10.6 Å². The molecule has 0 spiro atoms. The van der Waals surface area contributed by atoms with Gasteiger partial charge in [0.1, 0.15) is 0 Å². The molecule has 2 heteroatoms. The van der Waals surface area contributed by atoms with Crippen molar-refractivity contribution in [3.05, 3.63) is 96.1 Å². The third-order valence-electron chi connectivity index (χ3n) is 5.45. The standard InChI is InChI=1S/C28H36P2/c1-27(2,3)29(21-23-15-9-7-10-16-23)25-19-13-14-20-26(25)30(28(4,5)6)22-24-17-11-8-12-18-24/h7-20H,21-22H2,1-6H3. The molecule has 2 unspecified atom stereocenters. The molecule has 0 saturated heterocycles. The summed E-state index contributed by atoms with van der Waals surface area (Å²) in [6.07, 6.45) is 2.30. The maximum atomic E-state index is 2.43. The Bertz CT molecular complexity index is 840. The number of rotatable bonds is 6. The Hall–Kier alpha value is -1.48. The average molecular weight is 435 g/mol. The molecule has 0 bridgehead atoms. The molecule has 30 heavy (non-hydrogen) atoms. The summed E-state index contributed by atoms with van der Waals surface area (Å²) in [5.41, 5.74) is 2.91. The maximum absolute atomic E-state index is 2.43. The van der Waals surface area contributed by atoms with Gasteiger partial charge in [-0.05, 0) is 44.4 Å². The van der Waals surface area contributed by atoms with Gasteiger partial charge in [-0.3, -0.25) is 0 Å². The molecule has 0 heterocycles. The van der Waals surface area contributed by atoms with Crippen LogP contribution in [-0.2, 0) is 12.3 Å². The Kier molecular flexibility index (Phi) is 7.55. The van der Waals surface area contributed by atoms with Gasteiger partial charge in [0.25, 0.3) is 0 Å². The summed E-state index contributed by atoms with van der Waals surface area (Å²) < 4.78 is 0. The molecule has 0 aromatic heterocycles. The van der Waals surface area contributed by atoms with Crippen LogP contribution in [0.3, 0.4) is 0 Å². The van der Waals surface area contributed by atoms with Gasteiger partial charge < -0.3 is 0 Å². The average Bonchev–Trinajstić information content (AvgIpc) is 2.70. The predicted molar refractivity (Wildman–Crippen MR) is 139 cm³/mol. The number of benzene rings is 3. The van der Waals surface area contributed by atoms with Crippen molar-refractivity contribution < 1.29 is 0 Å². The minimum atomic E-state index is -0.332. The minimum absolute atomic E-state index is 0.257. The van der Waals surface area contributed by atoms with Gasteiger partial charge >= 0.3 is 0 Å². The molecule has 0 aliphatic carbocycles. The maximum Gasteiger partial charge on any atom is -0.00279 e. The van der Waals surface area contributed by atoms with Crippen LogP contribution in [0.1, 0.15) is 52.7 Å². The highest BCUT2D eigenvalue weighted by atomic mass is 31.1. The third-order valence-corrected chi connectivity index (χ3v) is 12.2. The van der Waals surface area contributed by atoms with Crippen molar-refractivity contribution in [1.82, 2.24) is 0 Å². The van der Waals surface area contributed by atoms with E-state index in [-0.39, 0.29) is 26.2 Å². The second kappa shape index (κ2) is 9.77.